The summed E-state index contributed by atoms with van der Waals surface area (Å²) >= 11 is 12.6. The second-order valence-electron chi connectivity index (χ2n) is 8.17. The third-order valence-electron chi connectivity index (χ3n) is 5.92. The first-order chi connectivity index (χ1) is 16.3. The summed E-state index contributed by atoms with van der Waals surface area (Å²) < 4.78 is 6.84. The monoisotopic (exact) mass is 498 g/mol. The minimum Gasteiger partial charge on any atom is -0.380 e. The van der Waals surface area contributed by atoms with Gasteiger partial charge in [0.1, 0.15) is 0 Å². The van der Waals surface area contributed by atoms with Gasteiger partial charge >= 0.3 is 0 Å². The van der Waals surface area contributed by atoms with Crippen LogP contribution in [0.2, 0.25) is 10.0 Å². The summed E-state index contributed by atoms with van der Waals surface area (Å²) in [5.41, 5.74) is 8.21. The molecule has 0 aliphatic carbocycles. The number of amides is 1. The van der Waals surface area contributed by atoms with Gasteiger partial charge < -0.3 is 25.0 Å². The third kappa shape index (κ3) is 3.97. The van der Waals surface area contributed by atoms with Gasteiger partial charge in [0.05, 0.1) is 21.0 Å². The molecule has 1 amide bonds. The number of hydrogen-bond donors (Lipinski definition) is 2. The summed E-state index contributed by atoms with van der Waals surface area (Å²) in [5.74, 6) is 0.533. The third-order valence-corrected chi connectivity index (χ3v) is 6.52. The number of aromatic nitrogens is 3. The molecule has 1 aliphatic rings. The van der Waals surface area contributed by atoms with Crippen LogP contribution in [0.1, 0.15) is 16.8 Å². The lowest BCUT2D eigenvalue weighted by Gasteiger charge is -2.18. The summed E-state index contributed by atoms with van der Waals surface area (Å²) in [5, 5.41) is 8.07. The molecule has 1 atom stereocenters. The van der Waals surface area contributed by atoms with Crippen molar-refractivity contribution in [2.24, 2.45) is 7.05 Å². The van der Waals surface area contributed by atoms with Crippen LogP contribution in [-0.2, 0) is 7.05 Å². The molecule has 1 aliphatic heterocycles. The normalized spacial score (nSPS) is 15.7. The van der Waals surface area contributed by atoms with Crippen molar-refractivity contribution in [3.05, 3.63) is 68.7 Å². The van der Waals surface area contributed by atoms with Crippen LogP contribution < -0.4 is 21.5 Å². The van der Waals surface area contributed by atoms with E-state index in [1.165, 1.54) is 16.8 Å². The van der Waals surface area contributed by atoms with Crippen LogP contribution in [0, 0.1) is 0 Å². The Labute approximate surface area is 204 Å². The first-order valence-corrected chi connectivity index (χ1v) is 11.3. The number of hydrogen-bond acceptors (Lipinski definition) is 7. The number of anilines is 2. The number of nitrogen functional groups attached to an aromatic ring is 1. The number of carbonyl (C=O) groups excluding carboxylic acids is 1. The summed E-state index contributed by atoms with van der Waals surface area (Å²) in [4.78, 5) is 30.9. The molecule has 1 aromatic carbocycles. The van der Waals surface area contributed by atoms with E-state index < -0.39 is 0 Å². The lowest BCUT2D eigenvalue weighted by Crippen LogP contribution is -2.37. The molecular weight excluding hydrogens is 479 g/mol. The molecule has 3 N–H and O–H groups in total. The zero-order valence-electron chi connectivity index (χ0n) is 18.1. The molecule has 0 bridgehead atoms. The molecule has 4 heterocycles. The summed E-state index contributed by atoms with van der Waals surface area (Å²) in [7, 11) is 1.68. The van der Waals surface area contributed by atoms with Gasteiger partial charge in [-0.25, -0.2) is 4.98 Å². The summed E-state index contributed by atoms with van der Waals surface area (Å²) in [6.45, 7) is 1.19. The van der Waals surface area contributed by atoms with E-state index in [1.54, 1.807) is 31.4 Å². The Bertz CT molecular complexity index is 1480. The minimum atomic E-state index is -0.262. The van der Waals surface area contributed by atoms with Gasteiger partial charge in [-0.05, 0) is 35.7 Å². The van der Waals surface area contributed by atoms with Gasteiger partial charge in [0.15, 0.2) is 11.6 Å². The highest BCUT2D eigenvalue weighted by atomic mass is 35.5. The van der Waals surface area contributed by atoms with Gasteiger partial charge in [0.2, 0.25) is 11.1 Å². The Balaban J connectivity index is 1.30. The van der Waals surface area contributed by atoms with E-state index in [1.807, 2.05) is 11.0 Å². The quantitative estimate of drug-likeness (QED) is 0.441. The molecule has 1 saturated heterocycles. The Morgan fingerprint density at radius 2 is 2.00 bits per heavy atom. The van der Waals surface area contributed by atoms with Crippen molar-refractivity contribution in [1.29, 1.82) is 0 Å². The molecule has 0 saturated carbocycles. The first kappa shape index (κ1) is 22.2. The fraction of sp³-hybridized carbons (Fsp3) is 0.217. The molecule has 174 valence electrons. The maximum Gasteiger partial charge on any atom is 0.253 e. The highest BCUT2D eigenvalue weighted by Crippen LogP contribution is 2.35. The second kappa shape index (κ2) is 8.66. The van der Waals surface area contributed by atoms with Crippen LogP contribution in [-0.4, -0.2) is 39.7 Å². The minimum absolute atomic E-state index is 0.0993. The molecule has 3 aromatic heterocycles. The number of pyridine rings is 2. The van der Waals surface area contributed by atoms with Crippen LogP contribution in [0.3, 0.4) is 0 Å². The van der Waals surface area contributed by atoms with E-state index in [-0.39, 0.29) is 23.3 Å². The summed E-state index contributed by atoms with van der Waals surface area (Å²) in [6, 6.07) is 8.33. The fourth-order valence-electron chi connectivity index (χ4n) is 4.13. The predicted molar refractivity (Wildman–Crippen MR) is 131 cm³/mol. The average molecular weight is 499 g/mol. The molecule has 0 unspecified atom stereocenters. The van der Waals surface area contributed by atoms with Crippen molar-refractivity contribution in [3.8, 4) is 11.1 Å². The zero-order valence-corrected chi connectivity index (χ0v) is 19.6. The Hall–Kier alpha value is -3.56. The Morgan fingerprint density at radius 1 is 1.21 bits per heavy atom. The van der Waals surface area contributed by atoms with Crippen molar-refractivity contribution in [1.82, 2.24) is 20.0 Å². The van der Waals surface area contributed by atoms with Crippen LogP contribution in [0.25, 0.3) is 22.1 Å². The first-order valence-electron chi connectivity index (χ1n) is 10.5. The molecule has 0 radical (unpaired) electrons. The number of nitrogens with zero attached hydrogens (tertiary/aromatic N) is 4. The number of halogens is 2. The van der Waals surface area contributed by atoms with E-state index >= 15 is 0 Å². The van der Waals surface area contributed by atoms with E-state index in [4.69, 9.17) is 33.5 Å². The smallest absolute Gasteiger partial charge is 0.253 e. The highest BCUT2D eigenvalue weighted by Gasteiger charge is 2.29. The molecule has 5 rings (SSSR count). The summed E-state index contributed by atoms with van der Waals surface area (Å²) in [6.07, 6.45) is 3.96. The predicted octanol–water partition coefficient (Wildman–Crippen LogP) is 3.49. The van der Waals surface area contributed by atoms with Crippen molar-refractivity contribution < 1.29 is 9.32 Å². The maximum atomic E-state index is 12.9. The van der Waals surface area contributed by atoms with E-state index in [0.717, 1.165) is 17.5 Å². The Kier molecular flexibility index (Phi) is 5.66. The largest absolute Gasteiger partial charge is 0.380 e. The molecule has 9 nitrogen and oxygen atoms in total. The Morgan fingerprint density at radius 3 is 2.76 bits per heavy atom. The number of rotatable bonds is 4. The van der Waals surface area contributed by atoms with Gasteiger partial charge in [0.25, 0.3) is 5.91 Å². The molecule has 1 fully saturated rings. The van der Waals surface area contributed by atoms with Gasteiger partial charge in [0, 0.05) is 44.6 Å². The average Bonchev–Trinajstić information content (AvgIpc) is 3.43. The van der Waals surface area contributed by atoms with Crippen LogP contribution in [0.15, 0.2) is 52.0 Å². The molecule has 34 heavy (non-hydrogen) atoms. The van der Waals surface area contributed by atoms with Gasteiger partial charge in [-0.2, -0.15) is 0 Å². The van der Waals surface area contributed by atoms with Crippen LogP contribution in [0.5, 0.6) is 0 Å². The zero-order chi connectivity index (χ0) is 24.0. The van der Waals surface area contributed by atoms with Crippen molar-refractivity contribution in [2.75, 3.05) is 23.7 Å². The molecular formula is C23H20Cl2N6O3. The maximum absolute atomic E-state index is 12.9. The fourth-order valence-corrected chi connectivity index (χ4v) is 4.63. The van der Waals surface area contributed by atoms with E-state index in [0.29, 0.717) is 45.5 Å². The van der Waals surface area contributed by atoms with Gasteiger partial charge in [-0.15, -0.1) is 0 Å². The number of nitrogens with two attached hydrogens (primary N) is 1. The molecule has 11 heteroatoms. The highest BCUT2D eigenvalue weighted by molar-refractivity contribution is 6.36. The van der Waals surface area contributed by atoms with Crippen molar-refractivity contribution in [3.63, 3.8) is 0 Å². The van der Waals surface area contributed by atoms with Crippen LogP contribution in [0.4, 0.5) is 11.6 Å². The second-order valence-corrected chi connectivity index (χ2v) is 8.98. The van der Waals surface area contributed by atoms with E-state index in [2.05, 4.69) is 15.5 Å². The SMILES string of the molecule is Cn1cc(-c2ccc(C(=O)N[C@@H]3CCN(c4ncc(Cl)c5c(N)noc45)C3)c(Cl)c2)ccc1=O. The number of fused-ring (bicyclic) bond motifs is 1. The topological polar surface area (TPSA) is 119 Å². The standard InChI is InChI=1S/C23H20Cl2N6O3/c1-30-10-13(3-5-18(30)32)12-2-4-15(16(24)8-12)23(33)28-14-6-7-31(11-14)22-20-19(17(25)9-27-22)21(26)29-34-20/h2-5,8-10,14H,6-7,11H2,1H3,(H2,26,29)(H,28,33)/t14-/m1/s1. The number of benzene rings is 1. The van der Waals surface area contributed by atoms with Crippen molar-refractivity contribution in [2.45, 2.75) is 12.5 Å². The number of carbonyl (C=O) groups is 1. The lowest BCUT2D eigenvalue weighted by atomic mass is 10.0. The van der Waals surface area contributed by atoms with E-state index in [9.17, 15) is 9.59 Å². The lowest BCUT2D eigenvalue weighted by molar-refractivity contribution is 0.0940. The van der Waals surface area contributed by atoms with Gasteiger partial charge in [-0.1, -0.05) is 34.4 Å². The van der Waals surface area contributed by atoms with Crippen molar-refractivity contribution >= 4 is 51.7 Å². The number of aryl methyl sites for hydroxylation is 1. The molecule has 4 aromatic rings. The molecule has 0 spiro atoms. The van der Waals surface area contributed by atoms with Crippen LogP contribution >= 0.6 is 23.2 Å². The number of nitrogens with one attached hydrogen (secondary N) is 1. The van der Waals surface area contributed by atoms with Gasteiger partial charge in [-0.3, -0.25) is 9.59 Å².